The van der Waals surface area contributed by atoms with Crippen LogP contribution in [-0.2, 0) is 9.59 Å². The molecule has 0 aromatic heterocycles. The minimum absolute atomic E-state index is 0.000713. The van der Waals surface area contributed by atoms with E-state index in [4.69, 9.17) is 4.74 Å². The number of hydrogen-bond donors (Lipinski definition) is 1. The first-order valence-corrected chi connectivity index (χ1v) is 8.92. The van der Waals surface area contributed by atoms with Crippen molar-refractivity contribution in [2.45, 2.75) is 32.7 Å². The zero-order chi connectivity index (χ0) is 19.2. The average Bonchev–Trinajstić information content (AvgIpc) is 2.53. The number of carbonyl (C=O) groups excluding carboxylic acids is 2. The summed E-state index contributed by atoms with van der Waals surface area (Å²) in [5, 5.41) is 2.94. The van der Waals surface area contributed by atoms with Crippen LogP contribution in [0.15, 0.2) is 24.3 Å². The van der Waals surface area contributed by atoms with Crippen molar-refractivity contribution in [3.8, 4) is 5.75 Å². The van der Waals surface area contributed by atoms with Crippen LogP contribution in [0.25, 0.3) is 0 Å². The summed E-state index contributed by atoms with van der Waals surface area (Å²) in [7, 11) is 0. The van der Waals surface area contributed by atoms with E-state index in [1.54, 1.807) is 17.0 Å². The standard InChI is InChI=1S/C19H28FN3O3/c1-19(2,3)21-17(24)14-22-8-10-23(11-9-22)18(25)7-12-26-16-6-4-5-15(20)13-16/h4-6,13H,7-12,14H2,1-3H3,(H,21,24). The largest absolute Gasteiger partial charge is 0.493 e. The van der Waals surface area contributed by atoms with Gasteiger partial charge >= 0.3 is 0 Å². The number of ether oxygens (including phenoxy) is 1. The summed E-state index contributed by atoms with van der Waals surface area (Å²) in [6.07, 6.45) is 0.251. The van der Waals surface area contributed by atoms with Crippen LogP contribution in [0.2, 0.25) is 0 Å². The Morgan fingerprint density at radius 1 is 1.19 bits per heavy atom. The molecule has 0 unspecified atom stereocenters. The van der Waals surface area contributed by atoms with Gasteiger partial charge in [-0.15, -0.1) is 0 Å². The highest BCUT2D eigenvalue weighted by Crippen LogP contribution is 2.12. The van der Waals surface area contributed by atoms with Gasteiger partial charge < -0.3 is 15.0 Å². The summed E-state index contributed by atoms with van der Waals surface area (Å²) in [6, 6.07) is 5.88. The van der Waals surface area contributed by atoms with Crippen molar-refractivity contribution in [3.63, 3.8) is 0 Å². The molecule has 6 nitrogen and oxygen atoms in total. The summed E-state index contributed by atoms with van der Waals surface area (Å²) in [6.45, 7) is 8.97. The topological polar surface area (TPSA) is 61.9 Å². The molecule has 1 saturated heterocycles. The summed E-state index contributed by atoms with van der Waals surface area (Å²) >= 11 is 0. The van der Waals surface area contributed by atoms with E-state index >= 15 is 0 Å². The Morgan fingerprint density at radius 3 is 2.50 bits per heavy atom. The number of nitrogens with zero attached hydrogens (tertiary/aromatic N) is 2. The molecule has 1 aliphatic heterocycles. The van der Waals surface area contributed by atoms with Gasteiger partial charge in [-0.05, 0) is 32.9 Å². The van der Waals surface area contributed by atoms with Crippen LogP contribution >= 0.6 is 0 Å². The fourth-order valence-corrected chi connectivity index (χ4v) is 2.79. The molecule has 0 atom stereocenters. The van der Waals surface area contributed by atoms with Crippen LogP contribution in [0, 0.1) is 5.82 Å². The maximum Gasteiger partial charge on any atom is 0.234 e. The van der Waals surface area contributed by atoms with Crippen LogP contribution in [0.1, 0.15) is 27.2 Å². The molecule has 0 saturated carbocycles. The van der Waals surface area contributed by atoms with E-state index in [1.807, 2.05) is 25.7 Å². The number of hydrogen-bond acceptors (Lipinski definition) is 4. The Bertz CT molecular complexity index is 623. The fourth-order valence-electron chi connectivity index (χ4n) is 2.79. The summed E-state index contributed by atoms with van der Waals surface area (Å²) in [4.78, 5) is 28.0. The first kappa shape index (κ1) is 20.2. The van der Waals surface area contributed by atoms with Crippen molar-refractivity contribution >= 4 is 11.8 Å². The third kappa shape index (κ3) is 7.00. The van der Waals surface area contributed by atoms with Crippen LogP contribution < -0.4 is 10.1 Å². The van der Waals surface area contributed by atoms with E-state index in [2.05, 4.69) is 5.32 Å². The zero-order valence-corrected chi connectivity index (χ0v) is 15.8. The van der Waals surface area contributed by atoms with Gasteiger partial charge in [-0.2, -0.15) is 0 Å². The predicted molar refractivity (Wildman–Crippen MR) is 97.4 cm³/mol. The minimum atomic E-state index is -0.361. The van der Waals surface area contributed by atoms with Gasteiger partial charge in [0.15, 0.2) is 0 Å². The van der Waals surface area contributed by atoms with Crippen molar-refractivity contribution in [2.75, 3.05) is 39.3 Å². The molecule has 1 aromatic rings. The Labute approximate surface area is 154 Å². The molecule has 1 heterocycles. The second-order valence-electron chi connectivity index (χ2n) is 7.51. The van der Waals surface area contributed by atoms with Crippen molar-refractivity contribution in [1.82, 2.24) is 15.1 Å². The van der Waals surface area contributed by atoms with Gasteiger partial charge in [-0.1, -0.05) is 6.07 Å². The molecule has 1 fully saturated rings. The smallest absolute Gasteiger partial charge is 0.234 e. The van der Waals surface area contributed by atoms with Gasteiger partial charge in [-0.3, -0.25) is 14.5 Å². The second kappa shape index (κ2) is 8.98. The fraction of sp³-hybridized carbons (Fsp3) is 0.579. The molecule has 2 amide bonds. The highest BCUT2D eigenvalue weighted by Gasteiger charge is 2.23. The molecule has 7 heteroatoms. The van der Waals surface area contributed by atoms with Gasteiger partial charge in [-0.25, -0.2) is 4.39 Å². The van der Waals surface area contributed by atoms with E-state index in [1.165, 1.54) is 12.1 Å². The first-order chi connectivity index (χ1) is 12.2. The van der Waals surface area contributed by atoms with E-state index in [0.717, 1.165) is 0 Å². The van der Waals surface area contributed by atoms with Crippen LogP contribution in [0.5, 0.6) is 5.75 Å². The SMILES string of the molecule is CC(C)(C)NC(=O)CN1CCN(C(=O)CCOc2cccc(F)c2)CC1. The highest BCUT2D eigenvalue weighted by molar-refractivity contribution is 5.79. The number of piperazine rings is 1. The Hall–Kier alpha value is -2.15. The molecule has 2 rings (SSSR count). The van der Waals surface area contributed by atoms with Crippen molar-refractivity contribution in [3.05, 3.63) is 30.1 Å². The van der Waals surface area contributed by atoms with E-state index in [0.29, 0.717) is 38.5 Å². The van der Waals surface area contributed by atoms with Gasteiger partial charge in [0.05, 0.1) is 19.6 Å². The van der Waals surface area contributed by atoms with Crippen LogP contribution in [-0.4, -0.2) is 66.5 Å². The predicted octanol–water partition coefficient (Wildman–Crippen LogP) is 1.65. The van der Waals surface area contributed by atoms with Crippen LogP contribution in [0.3, 0.4) is 0 Å². The highest BCUT2D eigenvalue weighted by atomic mass is 19.1. The molecule has 0 aliphatic carbocycles. The van der Waals surface area contributed by atoms with Gasteiger partial charge in [0.1, 0.15) is 11.6 Å². The lowest BCUT2D eigenvalue weighted by molar-refractivity contribution is -0.133. The molecular weight excluding hydrogens is 337 g/mol. The molecule has 144 valence electrons. The number of benzene rings is 1. The number of amides is 2. The number of rotatable bonds is 6. The monoisotopic (exact) mass is 365 g/mol. The lowest BCUT2D eigenvalue weighted by atomic mass is 10.1. The Kier molecular flexibility index (Phi) is 6.97. The maximum atomic E-state index is 13.1. The molecule has 0 radical (unpaired) electrons. The molecular formula is C19H28FN3O3. The number of carbonyl (C=O) groups is 2. The normalized spacial score (nSPS) is 15.6. The zero-order valence-electron chi connectivity index (χ0n) is 15.8. The van der Waals surface area contributed by atoms with Gasteiger partial charge in [0.2, 0.25) is 11.8 Å². The molecule has 0 spiro atoms. The van der Waals surface area contributed by atoms with E-state index < -0.39 is 0 Å². The third-order valence-electron chi connectivity index (χ3n) is 3.99. The second-order valence-corrected chi connectivity index (χ2v) is 7.51. The number of halogens is 1. The van der Waals surface area contributed by atoms with Crippen LogP contribution in [0.4, 0.5) is 4.39 Å². The Morgan fingerprint density at radius 2 is 1.88 bits per heavy atom. The third-order valence-corrected chi connectivity index (χ3v) is 3.99. The molecule has 1 aliphatic rings. The van der Waals surface area contributed by atoms with Crippen molar-refractivity contribution in [1.29, 1.82) is 0 Å². The molecule has 26 heavy (non-hydrogen) atoms. The minimum Gasteiger partial charge on any atom is -0.493 e. The molecule has 0 bridgehead atoms. The summed E-state index contributed by atoms with van der Waals surface area (Å²) < 4.78 is 18.5. The van der Waals surface area contributed by atoms with Gasteiger partial charge in [0, 0.05) is 37.8 Å². The Balaban J connectivity index is 1.67. The molecule has 1 aromatic carbocycles. The van der Waals surface area contributed by atoms with E-state index in [-0.39, 0.29) is 36.2 Å². The molecule has 1 N–H and O–H groups in total. The summed E-state index contributed by atoms with van der Waals surface area (Å²) in [5.41, 5.74) is -0.240. The lowest BCUT2D eigenvalue weighted by Gasteiger charge is -2.35. The lowest BCUT2D eigenvalue weighted by Crippen LogP contribution is -2.53. The average molecular weight is 365 g/mol. The quantitative estimate of drug-likeness (QED) is 0.833. The summed E-state index contributed by atoms with van der Waals surface area (Å²) in [5.74, 6) is 0.0777. The van der Waals surface area contributed by atoms with Crippen molar-refractivity contribution < 1.29 is 18.7 Å². The maximum absolute atomic E-state index is 13.1. The van der Waals surface area contributed by atoms with Crippen molar-refractivity contribution in [2.24, 2.45) is 0 Å². The first-order valence-electron chi connectivity index (χ1n) is 8.92. The van der Waals surface area contributed by atoms with Gasteiger partial charge in [0.25, 0.3) is 0 Å². The van der Waals surface area contributed by atoms with E-state index in [9.17, 15) is 14.0 Å². The number of nitrogens with one attached hydrogen (secondary N) is 1.